The van der Waals surface area contributed by atoms with Gasteiger partial charge in [0, 0.05) is 37.9 Å². The highest BCUT2D eigenvalue weighted by molar-refractivity contribution is 5.88. The molecular weight excluding hydrogens is 366 g/mol. The van der Waals surface area contributed by atoms with Crippen LogP contribution in [0, 0.1) is 15.5 Å². The standard InChI is InChI=1S/C17H17N7O4/c18-17(19)23-9-7-22(8-10-23)11-1-3-12(4-2-11)27-14-6-5-13(24(25)26)15-16(14)21-28-20-15/h1-6H,7-10H2,(H3,18,19). The number of benzene rings is 2. The highest BCUT2D eigenvalue weighted by atomic mass is 16.6. The molecule has 3 aromatic rings. The van der Waals surface area contributed by atoms with Gasteiger partial charge in [0.25, 0.3) is 0 Å². The van der Waals surface area contributed by atoms with Gasteiger partial charge in [0.05, 0.1) is 4.92 Å². The minimum Gasteiger partial charge on any atom is -0.455 e. The van der Waals surface area contributed by atoms with Crippen molar-refractivity contribution >= 4 is 28.4 Å². The SMILES string of the molecule is N=C(N)N1CCN(c2ccc(Oc3ccc([N+](=O)[O-])c4nonc34)cc2)CC1. The number of nitrogens with zero attached hydrogens (tertiary/aromatic N) is 5. The van der Waals surface area contributed by atoms with Crippen LogP contribution in [0.4, 0.5) is 11.4 Å². The molecule has 1 fully saturated rings. The lowest BCUT2D eigenvalue weighted by Crippen LogP contribution is -2.50. The Morgan fingerprint density at radius 3 is 2.43 bits per heavy atom. The smallest absolute Gasteiger partial charge is 0.301 e. The van der Waals surface area contributed by atoms with E-state index in [4.69, 9.17) is 15.9 Å². The summed E-state index contributed by atoms with van der Waals surface area (Å²) in [5.41, 5.74) is 6.60. The number of anilines is 1. The second-order valence-electron chi connectivity index (χ2n) is 6.26. The monoisotopic (exact) mass is 383 g/mol. The summed E-state index contributed by atoms with van der Waals surface area (Å²) in [5.74, 6) is 0.981. The van der Waals surface area contributed by atoms with Gasteiger partial charge in [0.15, 0.2) is 17.2 Å². The van der Waals surface area contributed by atoms with Crippen molar-refractivity contribution in [3.8, 4) is 11.5 Å². The molecule has 4 rings (SSSR count). The Morgan fingerprint density at radius 1 is 1.11 bits per heavy atom. The molecule has 11 heteroatoms. The fourth-order valence-corrected chi connectivity index (χ4v) is 3.12. The van der Waals surface area contributed by atoms with Crippen molar-refractivity contribution in [2.75, 3.05) is 31.1 Å². The molecule has 0 saturated carbocycles. The number of guanidine groups is 1. The molecule has 0 spiro atoms. The van der Waals surface area contributed by atoms with Gasteiger partial charge >= 0.3 is 5.69 Å². The number of nitrogens with one attached hydrogen (secondary N) is 1. The van der Waals surface area contributed by atoms with E-state index in [-0.39, 0.29) is 22.7 Å². The van der Waals surface area contributed by atoms with Crippen LogP contribution in [0.3, 0.4) is 0 Å². The van der Waals surface area contributed by atoms with Gasteiger partial charge in [-0.15, -0.1) is 0 Å². The third-order valence-corrected chi connectivity index (χ3v) is 4.60. The van der Waals surface area contributed by atoms with Crippen LogP contribution in [0.15, 0.2) is 41.0 Å². The van der Waals surface area contributed by atoms with Crippen LogP contribution < -0.4 is 15.4 Å². The zero-order valence-electron chi connectivity index (χ0n) is 14.7. The number of ether oxygens (including phenoxy) is 1. The lowest BCUT2D eigenvalue weighted by molar-refractivity contribution is -0.383. The van der Waals surface area contributed by atoms with Gasteiger partial charge in [-0.3, -0.25) is 15.5 Å². The summed E-state index contributed by atoms with van der Waals surface area (Å²) in [7, 11) is 0. The molecule has 2 aromatic carbocycles. The Labute approximate surface area is 158 Å². The number of nitro groups is 1. The second kappa shape index (κ2) is 7.02. The van der Waals surface area contributed by atoms with Crippen molar-refractivity contribution in [1.82, 2.24) is 15.2 Å². The summed E-state index contributed by atoms with van der Waals surface area (Å²) in [5, 5.41) is 25.9. The maximum absolute atomic E-state index is 11.1. The number of hydrogen-bond acceptors (Lipinski definition) is 8. The molecule has 0 bridgehead atoms. The first-order valence-corrected chi connectivity index (χ1v) is 8.54. The predicted octanol–water partition coefficient (Wildman–Crippen LogP) is 1.94. The van der Waals surface area contributed by atoms with Crippen LogP contribution >= 0.6 is 0 Å². The molecule has 28 heavy (non-hydrogen) atoms. The van der Waals surface area contributed by atoms with Crippen molar-refractivity contribution in [2.24, 2.45) is 5.73 Å². The van der Waals surface area contributed by atoms with Crippen molar-refractivity contribution in [3.63, 3.8) is 0 Å². The van der Waals surface area contributed by atoms with Gasteiger partial charge in [-0.2, -0.15) is 0 Å². The van der Waals surface area contributed by atoms with Gasteiger partial charge in [-0.05, 0) is 40.6 Å². The Kier molecular flexibility index (Phi) is 4.39. The summed E-state index contributed by atoms with van der Waals surface area (Å²) < 4.78 is 10.5. The van der Waals surface area contributed by atoms with E-state index in [0.29, 0.717) is 24.6 Å². The molecule has 1 aliphatic heterocycles. The number of piperazine rings is 1. The Hall–Kier alpha value is -3.89. The van der Waals surface area contributed by atoms with Crippen LogP contribution in [-0.2, 0) is 0 Å². The topological polar surface area (TPSA) is 148 Å². The van der Waals surface area contributed by atoms with E-state index in [0.717, 1.165) is 18.8 Å². The first-order valence-electron chi connectivity index (χ1n) is 8.54. The van der Waals surface area contributed by atoms with Crippen molar-refractivity contribution in [2.45, 2.75) is 0 Å². The molecule has 0 aliphatic carbocycles. The van der Waals surface area contributed by atoms with Crippen LogP contribution in [-0.4, -0.2) is 52.3 Å². The Morgan fingerprint density at radius 2 is 1.79 bits per heavy atom. The summed E-state index contributed by atoms with van der Waals surface area (Å²) >= 11 is 0. The fraction of sp³-hybridized carbons (Fsp3) is 0.235. The van der Waals surface area contributed by atoms with Crippen molar-refractivity contribution in [1.29, 1.82) is 5.41 Å². The van der Waals surface area contributed by atoms with Crippen molar-refractivity contribution < 1.29 is 14.3 Å². The van der Waals surface area contributed by atoms with Gasteiger partial charge < -0.3 is 20.3 Å². The Balaban J connectivity index is 1.49. The highest BCUT2D eigenvalue weighted by Gasteiger charge is 2.21. The van der Waals surface area contributed by atoms with E-state index in [2.05, 4.69) is 19.8 Å². The molecule has 0 atom stereocenters. The number of fused-ring (bicyclic) bond motifs is 1. The number of nitrogens with two attached hydrogens (primary N) is 1. The molecule has 0 radical (unpaired) electrons. The summed E-state index contributed by atoms with van der Waals surface area (Å²) in [6, 6.07) is 10.3. The van der Waals surface area contributed by atoms with Crippen LogP contribution in [0.2, 0.25) is 0 Å². The maximum Gasteiger partial charge on any atom is 0.301 e. The fourth-order valence-electron chi connectivity index (χ4n) is 3.12. The molecule has 0 amide bonds. The number of aromatic nitrogens is 2. The lowest BCUT2D eigenvalue weighted by atomic mass is 10.2. The first-order chi connectivity index (χ1) is 13.5. The highest BCUT2D eigenvalue weighted by Crippen LogP contribution is 2.33. The van der Waals surface area contributed by atoms with Crippen LogP contribution in [0.1, 0.15) is 0 Å². The van der Waals surface area contributed by atoms with E-state index in [1.54, 1.807) is 0 Å². The summed E-state index contributed by atoms with van der Waals surface area (Å²) in [4.78, 5) is 14.5. The van der Waals surface area contributed by atoms with E-state index < -0.39 is 4.92 Å². The van der Waals surface area contributed by atoms with Gasteiger partial charge in [0.2, 0.25) is 5.52 Å². The number of nitro benzene ring substituents is 1. The summed E-state index contributed by atoms with van der Waals surface area (Å²) in [6.45, 7) is 2.95. The third kappa shape index (κ3) is 3.24. The molecule has 0 unspecified atom stereocenters. The lowest BCUT2D eigenvalue weighted by Gasteiger charge is -2.36. The molecule has 1 aliphatic rings. The van der Waals surface area contributed by atoms with Gasteiger partial charge in [-0.25, -0.2) is 4.63 Å². The third-order valence-electron chi connectivity index (χ3n) is 4.60. The average molecular weight is 383 g/mol. The zero-order chi connectivity index (χ0) is 19.7. The Bertz CT molecular complexity index is 1030. The predicted molar refractivity (Wildman–Crippen MR) is 101 cm³/mol. The molecule has 1 saturated heterocycles. The molecule has 2 heterocycles. The van der Waals surface area contributed by atoms with E-state index >= 15 is 0 Å². The minimum absolute atomic E-state index is 0.0439. The largest absolute Gasteiger partial charge is 0.455 e. The number of rotatable bonds is 4. The molecule has 3 N–H and O–H groups in total. The zero-order valence-corrected chi connectivity index (χ0v) is 14.7. The van der Waals surface area contributed by atoms with Crippen LogP contribution in [0.25, 0.3) is 11.0 Å². The van der Waals surface area contributed by atoms with E-state index in [1.165, 1.54) is 12.1 Å². The average Bonchev–Trinajstić information content (AvgIpc) is 3.19. The first kappa shape index (κ1) is 17.5. The molecule has 1 aromatic heterocycles. The number of hydrogen-bond donors (Lipinski definition) is 2. The van der Waals surface area contributed by atoms with Gasteiger partial charge in [-0.1, -0.05) is 0 Å². The molecular formula is C17H17N7O4. The van der Waals surface area contributed by atoms with E-state index in [1.807, 2.05) is 29.2 Å². The second-order valence-corrected chi connectivity index (χ2v) is 6.26. The van der Waals surface area contributed by atoms with E-state index in [9.17, 15) is 10.1 Å². The summed E-state index contributed by atoms with van der Waals surface area (Å²) in [6.07, 6.45) is 0. The maximum atomic E-state index is 11.1. The van der Waals surface area contributed by atoms with Crippen molar-refractivity contribution in [3.05, 3.63) is 46.5 Å². The minimum atomic E-state index is -0.545. The number of non-ortho nitro benzene ring substituents is 1. The quantitative estimate of drug-likeness (QED) is 0.298. The molecule has 11 nitrogen and oxygen atoms in total. The normalized spacial score (nSPS) is 14.3. The molecule has 144 valence electrons. The van der Waals surface area contributed by atoms with Gasteiger partial charge in [0.1, 0.15) is 5.75 Å². The van der Waals surface area contributed by atoms with Crippen LogP contribution in [0.5, 0.6) is 11.5 Å².